The number of nitrogens with one attached hydrogen (secondary N) is 2. The Labute approximate surface area is 262 Å². The van der Waals surface area contributed by atoms with Gasteiger partial charge in [0, 0.05) is 56.5 Å². The zero-order valence-electron chi connectivity index (χ0n) is 25.0. The lowest BCUT2D eigenvalue weighted by atomic mass is 9.75. The van der Waals surface area contributed by atoms with Crippen molar-refractivity contribution in [2.75, 3.05) is 26.3 Å². The summed E-state index contributed by atoms with van der Waals surface area (Å²) >= 11 is 1.52. The minimum absolute atomic E-state index is 0.0495. The van der Waals surface area contributed by atoms with Crippen LogP contribution in [0.4, 0.5) is 0 Å². The quantitative estimate of drug-likeness (QED) is 0.412. The number of carbonyl (C=O) groups excluding carboxylic acids is 3. The number of hydrogen-bond donors (Lipinski definition) is 2. The second kappa shape index (κ2) is 13.9. The molecule has 3 amide bonds. The lowest BCUT2D eigenvalue weighted by Gasteiger charge is -2.40. The lowest BCUT2D eigenvalue weighted by molar-refractivity contribution is -0.140. The van der Waals surface area contributed by atoms with Crippen molar-refractivity contribution in [3.8, 4) is 0 Å². The Bertz CT molecular complexity index is 1470. The third-order valence-electron chi connectivity index (χ3n) is 9.27. The average Bonchev–Trinajstić information content (AvgIpc) is 3.52. The van der Waals surface area contributed by atoms with Gasteiger partial charge in [-0.1, -0.05) is 72.8 Å². The van der Waals surface area contributed by atoms with Crippen molar-refractivity contribution in [3.05, 3.63) is 100 Å². The maximum absolute atomic E-state index is 13.8. The van der Waals surface area contributed by atoms with Crippen LogP contribution >= 0.6 is 11.3 Å². The minimum Gasteiger partial charge on any atom is -0.381 e. The summed E-state index contributed by atoms with van der Waals surface area (Å²) in [7, 11) is 0. The summed E-state index contributed by atoms with van der Waals surface area (Å²) in [4.78, 5) is 47.7. The number of benzene rings is 2. The van der Waals surface area contributed by atoms with Crippen LogP contribution in [0.2, 0.25) is 0 Å². The molecule has 3 aliphatic heterocycles. The summed E-state index contributed by atoms with van der Waals surface area (Å²) in [6, 6.07) is 19.2. The van der Waals surface area contributed by atoms with E-state index in [1.165, 1.54) is 16.9 Å². The van der Waals surface area contributed by atoms with Crippen LogP contribution in [-0.4, -0.2) is 66.0 Å². The summed E-state index contributed by atoms with van der Waals surface area (Å²) in [5.41, 5.74) is 2.05. The van der Waals surface area contributed by atoms with Gasteiger partial charge in [0.05, 0.1) is 10.4 Å². The molecular formula is C35H40N4O4S. The molecule has 8 nitrogen and oxygen atoms in total. The van der Waals surface area contributed by atoms with Crippen LogP contribution in [0.3, 0.4) is 0 Å². The molecule has 4 heterocycles. The van der Waals surface area contributed by atoms with E-state index in [0.717, 1.165) is 10.6 Å². The van der Waals surface area contributed by atoms with Crippen LogP contribution in [0.15, 0.2) is 78.2 Å². The van der Waals surface area contributed by atoms with Crippen molar-refractivity contribution in [1.29, 1.82) is 0 Å². The first kappa shape index (κ1) is 30.2. The third-order valence-corrected chi connectivity index (χ3v) is 10.1. The van der Waals surface area contributed by atoms with E-state index in [4.69, 9.17) is 4.74 Å². The average molecular weight is 613 g/mol. The third kappa shape index (κ3) is 7.11. The number of rotatable bonds is 5. The van der Waals surface area contributed by atoms with Crippen LogP contribution in [0.25, 0.3) is 0 Å². The Kier molecular flexibility index (Phi) is 9.52. The van der Waals surface area contributed by atoms with Crippen LogP contribution in [0.5, 0.6) is 0 Å². The molecule has 0 bridgehead atoms. The second-order valence-corrected chi connectivity index (χ2v) is 13.2. The van der Waals surface area contributed by atoms with E-state index in [-0.39, 0.29) is 29.7 Å². The molecule has 3 aromatic rings. The largest absolute Gasteiger partial charge is 0.381 e. The number of fused-ring (bicyclic) bond motifs is 1. The molecule has 1 spiro atoms. The monoisotopic (exact) mass is 612 g/mol. The van der Waals surface area contributed by atoms with E-state index in [1.54, 1.807) is 0 Å². The fourth-order valence-electron chi connectivity index (χ4n) is 6.59. The number of amides is 3. The topological polar surface area (TPSA) is 101 Å². The van der Waals surface area contributed by atoms with Crippen LogP contribution in [0.1, 0.15) is 58.7 Å². The molecule has 0 unspecified atom stereocenters. The number of thiazole rings is 1. The first-order valence-electron chi connectivity index (χ1n) is 15.6. The van der Waals surface area contributed by atoms with Crippen LogP contribution < -0.4 is 10.6 Å². The Morgan fingerprint density at radius 2 is 1.70 bits per heavy atom. The lowest BCUT2D eigenvalue weighted by Crippen LogP contribution is -2.58. The highest BCUT2D eigenvalue weighted by Crippen LogP contribution is 2.36. The van der Waals surface area contributed by atoms with Crippen LogP contribution in [0, 0.1) is 11.3 Å². The Morgan fingerprint density at radius 1 is 0.977 bits per heavy atom. The van der Waals surface area contributed by atoms with Crippen molar-refractivity contribution in [3.63, 3.8) is 0 Å². The van der Waals surface area contributed by atoms with E-state index < -0.39 is 11.5 Å². The van der Waals surface area contributed by atoms with Gasteiger partial charge in [0.15, 0.2) is 0 Å². The van der Waals surface area contributed by atoms with Gasteiger partial charge < -0.3 is 20.3 Å². The van der Waals surface area contributed by atoms with Gasteiger partial charge in [0.1, 0.15) is 11.7 Å². The van der Waals surface area contributed by atoms with Gasteiger partial charge >= 0.3 is 0 Å². The number of aromatic nitrogens is 1. The van der Waals surface area contributed by atoms with Crippen molar-refractivity contribution in [2.45, 2.75) is 57.0 Å². The minimum atomic E-state index is -0.689. The van der Waals surface area contributed by atoms with Crippen LogP contribution in [-0.2, 0) is 27.2 Å². The molecule has 2 N–H and O–H groups in total. The molecular weight excluding hydrogens is 572 g/mol. The summed E-state index contributed by atoms with van der Waals surface area (Å²) in [5, 5.41) is 9.21. The van der Waals surface area contributed by atoms with E-state index in [0.29, 0.717) is 76.9 Å². The standard InChI is InChI=1S/C35H40N4O4S/c40-32-29(21-25-9-3-1-4-10-25)38-34(42)35(16-19-43-20-17-35)15-8-7-13-27-23-39(18-14-28(27)37-32)33(41)30-24-44-31(36-30)22-26-11-5-2-6-12-26/h1-12,24,27-29H,13-23H2,(H,37,40)(H,38,42)/b8-7+/t27-,28+,29-/m1/s1. The molecule has 230 valence electrons. The predicted octanol–water partition coefficient (Wildman–Crippen LogP) is 4.56. The van der Waals surface area contributed by atoms with Gasteiger partial charge in [-0.3, -0.25) is 14.4 Å². The Balaban J connectivity index is 1.19. The predicted molar refractivity (Wildman–Crippen MR) is 170 cm³/mol. The van der Waals surface area contributed by atoms with Gasteiger partial charge in [-0.15, -0.1) is 11.3 Å². The fraction of sp³-hybridized carbons (Fsp3) is 0.429. The SMILES string of the molecule is O=C1N[C@H]2CCN(C(=O)c3csc(Cc4ccccc4)n3)C[C@H]2C/C=C/CC2(CCOCC2)C(=O)N[C@@H]1Cc1ccccc1. The van der Waals surface area contributed by atoms with Gasteiger partial charge in [0.2, 0.25) is 11.8 Å². The molecule has 2 saturated heterocycles. The molecule has 1 aromatic heterocycles. The molecule has 3 atom stereocenters. The number of likely N-dealkylation sites (tertiary alicyclic amines) is 1. The normalized spacial score (nSPS) is 24.7. The van der Waals surface area contributed by atoms with Crippen molar-refractivity contribution in [1.82, 2.24) is 20.5 Å². The second-order valence-electron chi connectivity index (χ2n) is 12.2. The summed E-state index contributed by atoms with van der Waals surface area (Å²) in [6.45, 7) is 2.13. The van der Waals surface area contributed by atoms with Crippen molar-refractivity contribution < 1.29 is 19.1 Å². The summed E-state index contributed by atoms with van der Waals surface area (Å²) < 4.78 is 5.61. The van der Waals surface area contributed by atoms with E-state index in [9.17, 15) is 14.4 Å². The highest BCUT2D eigenvalue weighted by atomic mass is 32.1. The zero-order valence-corrected chi connectivity index (χ0v) is 25.8. The maximum atomic E-state index is 13.8. The molecule has 6 rings (SSSR count). The van der Waals surface area contributed by atoms with Crippen molar-refractivity contribution in [2.24, 2.45) is 11.3 Å². The highest BCUT2D eigenvalue weighted by Gasteiger charge is 2.42. The molecule has 44 heavy (non-hydrogen) atoms. The zero-order chi connectivity index (χ0) is 30.4. The number of carbonyl (C=O) groups is 3. The smallest absolute Gasteiger partial charge is 0.273 e. The van der Waals surface area contributed by atoms with E-state index in [1.807, 2.05) is 58.8 Å². The molecule has 2 aromatic carbocycles. The Hall–Kier alpha value is -3.82. The summed E-state index contributed by atoms with van der Waals surface area (Å²) in [6.07, 6.45) is 8.57. The molecule has 9 heteroatoms. The van der Waals surface area contributed by atoms with E-state index >= 15 is 0 Å². The van der Waals surface area contributed by atoms with Crippen molar-refractivity contribution >= 4 is 29.1 Å². The van der Waals surface area contributed by atoms with Gasteiger partial charge in [0.25, 0.3) is 5.91 Å². The number of nitrogens with zero attached hydrogens (tertiary/aromatic N) is 2. The van der Waals surface area contributed by atoms with Gasteiger partial charge in [-0.25, -0.2) is 4.98 Å². The summed E-state index contributed by atoms with van der Waals surface area (Å²) in [5.74, 6) is -0.257. The number of allylic oxidation sites excluding steroid dienone is 2. The first-order valence-corrected chi connectivity index (χ1v) is 16.5. The molecule has 2 fully saturated rings. The van der Waals surface area contributed by atoms with Gasteiger partial charge in [-0.05, 0) is 43.2 Å². The highest BCUT2D eigenvalue weighted by molar-refractivity contribution is 7.09. The fourth-order valence-corrected chi connectivity index (χ4v) is 7.39. The number of hydrogen-bond acceptors (Lipinski definition) is 6. The van der Waals surface area contributed by atoms with E-state index in [2.05, 4.69) is 39.9 Å². The Morgan fingerprint density at radius 3 is 2.45 bits per heavy atom. The maximum Gasteiger partial charge on any atom is 0.273 e. The van der Waals surface area contributed by atoms with Gasteiger partial charge in [-0.2, -0.15) is 0 Å². The number of piperidine rings is 1. The molecule has 0 saturated carbocycles. The molecule has 0 radical (unpaired) electrons. The number of ether oxygens (including phenoxy) is 1. The molecule has 0 aliphatic carbocycles. The molecule has 3 aliphatic rings. The first-order chi connectivity index (χ1) is 21.5.